The lowest BCUT2D eigenvalue weighted by Gasteiger charge is -2.36. The molecule has 6 nitrogen and oxygen atoms in total. The van der Waals surface area contributed by atoms with Crippen molar-refractivity contribution in [3.63, 3.8) is 0 Å². The average Bonchev–Trinajstić information content (AvgIpc) is 3.27. The Kier molecular flexibility index (Phi) is 6.74. The predicted molar refractivity (Wildman–Crippen MR) is 118 cm³/mol. The van der Waals surface area contributed by atoms with Crippen LogP contribution in [0.15, 0.2) is 53.5 Å². The summed E-state index contributed by atoms with van der Waals surface area (Å²) in [5.41, 5.74) is 2.61. The Morgan fingerprint density at radius 2 is 1.80 bits per heavy atom. The molecule has 0 aliphatic carbocycles. The molecule has 0 unspecified atom stereocenters. The standard InChI is InChI=1S/C24H31N3O3/c1-2-25-23(26-13-10-19-8-9-21-22(16-19)30-18-29-21)27-17-24(11-14-28-15-12-24)20-6-4-3-5-7-20/h3-9,16H,2,10-15,17-18H2,1H3,(H2,25,26,27). The molecule has 2 aliphatic rings. The Hall–Kier alpha value is -2.73. The van der Waals surface area contributed by atoms with Gasteiger partial charge in [-0.2, -0.15) is 0 Å². The maximum Gasteiger partial charge on any atom is 0.231 e. The lowest BCUT2D eigenvalue weighted by Crippen LogP contribution is -2.41. The third kappa shape index (κ3) is 4.87. The number of ether oxygens (including phenoxy) is 3. The van der Waals surface area contributed by atoms with E-state index in [-0.39, 0.29) is 5.41 Å². The maximum absolute atomic E-state index is 5.65. The molecule has 6 heteroatoms. The number of fused-ring (bicyclic) bond motifs is 1. The van der Waals surface area contributed by atoms with Crippen LogP contribution in [-0.4, -0.2) is 45.6 Å². The van der Waals surface area contributed by atoms with Gasteiger partial charge in [0, 0.05) is 31.7 Å². The summed E-state index contributed by atoms with van der Waals surface area (Å²) in [5, 5.41) is 6.86. The van der Waals surface area contributed by atoms with Crippen LogP contribution in [0, 0.1) is 0 Å². The minimum absolute atomic E-state index is 0.0409. The minimum atomic E-state index is 0.0409. The number of aliphatic imine (C=N–C) groups is 1. The fourth-order valence-corrected chi connectivity index (χ4v) is 4.09. The Bertz CT molecular complexity index is 848. The van der Waals surface area contributed by atoms with Gasteiger partial charge in [0.15, 0.2) is 17.5 Å². The summed E-state index contributed by atoms with van der Waals surface area (Å²) >= 11 is 0. The van der Waals surface area contributed by atoms with Crippen molar-refractivity contribution in [1.82, 2.24) is 10.6 Å². The van der Waals surface area contributed by atoms with Gasteiger partial charge in [0.05, 0.1) is 6.54 Å². The van der Waals surface area contributed by atoms with E-state index in [9.17, 15) is 0 Å². The van der Waals surface area contributed by atoms with Gasteiger partial charge in [-0.3, -0.25) is 4.99 Å². The number of guanidine groups is 1. The molecule has 0 radical (unpaired) electrons. The van der Waals surface area contributed by atoms with E-state index in [1.54, 1.807) is 0 Å². The zero-order valence-electron chi connectivity index (χ0n) is 17.7. The second-order valence-electron chi connectivity index (χ2n) is 7.82. The van der Waals surface area contributed by atoms with E-state index in [0.29, 0.717) is 6.79 Å². The van der Waals surface area contributed by atoms with Gasteiger partial charge in [-0.1, -0.05) is 36.4 Å². The zero-order chi connectivity index (χ0) is 20.7. The van der Waals surface area contributed by atoms with Crippen LogP contribution in [0.2, 0.25) is 0 Å². The van der Waals surface area contributed by atoms with Crippen LogP contribution in [0.3, 0.4) is 0 Å². The Morgan fingerprint density at radius 1 is 1.00 bits per heavy atom. The van der Waals surface area contributed by atoms with Crippen molar-refractivity contribution in [2.24, 2.45) is 4.99 Å². The lowest BCUT2D eigenvalue weighted by atomic mass is 9.74. The van der Waals surface area contributed by atoms with Gasteiger partial charge in [0.2, 0.25) is 6.79 Å². The fraction of sp³-hybridized carbons (Fsp3) is 0.458. The number of rotatable bonds is 7. The molecule has 160 valence electrons. The predicted octanol–water partition coefficient (Wildman–Crippen LogP) is 3.26. The molecule has 0 aromatic heterocycles. The first-order valence-electron chi connectivity index (χ1n) is 10.8. The highest BCUT2D eigenvalue weighted by molar-refractivity contribution is 5.79. The highest BCUT2D eigenvalue weighted by atomic mass is 16.7. The van der Waals surface area contributed by atoms with Gasteiger partial charge in [-0.25, -0.2) is 0 Å². The molecule has 0 amide bonds. The third-order valence-corrected chi connectivity index (χ3v) is 5.86. The van der Waals surface area contributed by atoms with E-state index in [4.69, 9.17) is 19.2 Å². The maximum atomic E-state index is 5.65. The van der Waals surface area contributed by atoms with Gasteiger partial charge in [0.25, 0.3) is 0 Å². The molecule has 0 spiro atoms. The summed E-state index contributed by atoms with van der Waals surface area (Å²) in [6.45, 7) is 6.36. The Morgan fingerprint density at radius 3 is 2.60 bits per heavy atom. The number of nitrogens with zero attached hydrogens (tertiary/aromatic N) is 1. The molecule has 2 heterocycles. The van der Waals surface area contributed by atoms with Crippen molar-refractivity contribution < 1.29 is 14.2 Å². The van der Waals surface area contributed by atoms with Crippen LogP contribution in [0.25, 0.3) is 0 Å². The Balaban J connectivity index is 1.40. The van der Waals surface area contributed by atoms with E-state index in [2.05, 4.69) is 60.0 Å². The normalized spacial score (nSPS) is 17.6. The largest absolute Gasteiger partial charge is 0.454 e. The second kappa shape index (κ2) is 9.85. The molecule has 2 aliphatic heterocycles. The molecule has 0 saturated carbocycles. The van der Waals surface area contributed by atoms with E-state index in [1.807, 2.05) is 6.07 Å². The van der Waals surface area contributed by atoms with Gasteiger partial charge < -0.3 is 24.8 Å². The molecular weight excluding hydrogens is 378 g/mol. The van der Waals surface area contributed by atoms with Crippen molar-refractivity contribution in [3.05, 3.63) is 59.7 Å². The van der Waals surface area contributed by atoms with E-state index in [1.165, 1.54) is 11.1 Å². The van der Waals surface area contributed by atoms with E-state index < -0.39 is 0 Å². The highest BCUT2D eigenvalue weighted by Crippen LogP contribution is 2.35. The van der Waals surface area contributed by atoms with Crippen molar-refractivity contribution in [2.75, 3.05) is 39.6 Å². The van der Waals surface area contributed by atoms with Crippen LogP contribution >= 0.6 is 0 Å². The van der Waals surface area contributed by atoms with Crippen LogP contribution in [-0.2, 0) is 16.6 Å². The summed E-state index contributed by atoms with van der Waals surface area (Å²) in [6.07, 6.45) is 2.88. The summed E-state index contributed by atoms with van der Waals surface area (Å²) in [7, 11) is 0. The number of benzene rings is 2. The summed E-state index contributed by atoms with van der Waals surface area (Å²) < 4.78 is 16.5. The fourth-order valence-electron chi connectivity index (χ4n) is 4.09. The van der Waals surface area contributed by atoms with Gasteiger partial charge >= 0.3 is 0 Å². The average molecular weight is 410 g/mol. The number of hydrogen-bond donors (Lipinski definition) is 2. The SMILES string of the molecule is CCNC(=NCC1(c2ccccc2)CCOCC1)NCCc1ccc2c(c1)OCO2. The molecule has 30 heavy (non-hydrogen) atoms. The van der Waals surface area contributed by atoms with Crippen molar-refractivity contribution in [2.45, 2.75) is 31.6 Å². The first-order chi connectivity index (χ1) is 14.8. The van der Waals surface area contributed by atoms with Crippen LogP contribution in [0.4, 0.5) is 0 Å². The number of nitrogens with one attached hydrogen (secondary N) is 2. The lowest BCUT2D eigenvalue weighted by molar-refractivity contribution is 0.0531. The minimum Gasteiger partial charge on any atom is -0.454 e. The van der Waals surface area contributed by atoms with Crippen LogP contribution in [0.1, 0.15) is 30.9 Å². The molecule has 0 atom stereocenters. The van der Waals surface area contributed by atoms with Crippen molar-refractivity contribution in [1.29, 1.82) is 0 Å². The molecule has 1 fully saturated rings. The molecule has 0 bridgehead atoms. The summed E-state index contributed by atoms with van der Waals surface area (Å²) in [6, 6.07) is 16.9. The highest BCUT2D eigenvalue weighted by Gasteiger charge is 2.34. The van der Waals surface area contributed by atoms with E-state index >= 15 is 0 Å². The molecule has 2 N–H and O–H groups in total. The van der Waals surface area contributed by atoms with Crippen LogP contribution < -0.4 is 20.1 Å². The third-order valence-electron chi connectivity index (χ3n) is 5.86. The van der Waals surface area contributed by atoms with Crippen molar-refractivity contribution in [3.8, 4) is 11.5 Å². The smallest absolute Gasteiger partial charge is 0.231 e. The molecular formula is C24H31N3O3. The van der Waals surface area contributed by atoms with Gasteiger partial charge in [0.1, 0.15) is 0 Å². The van der Waals surface area contributed by atoms with Crippen molar-refractivity contribution >= 4 is 5.96 Å². The molecule has 2 aromatic carbocycles. The number of hydrogen-bond acceptors (Lipinski definition) is 4. The Labute approximate surface area is 178 Å². The van der Waals surface area contributed by atoms with Crippen LogP contribution in [0.5, 0.6) is 11.5 Å². The summed E-state index contributed by atoms with van der Waals surface area (Å²) in [5.74, 6) is 2.52. The van der Waals surface area contributed by atoms with Gasteiger partial charge in [-0.15, -0.1) is 0 Å². The summed E-state index contributed by atoms with van der Waals surface area (Å²) in [4.78, 5) is 4.97. The first kappa shape index (κ1) is 20.5. The monoisotopic (exact) mass is 409 g/mol. The molecule has 2 aromatic rings. The van der Waals surface area contributed by atoms with E-state index in [0.717, 1.165) is 69.6 Å². The van der Waals surface area contributed by atoms with Gasteiger partial charge in [-0.05, 0) is 49.4 Å². The molecule has 4 rings (SSSR count). The first-order valence-corrected chi connectivity index (χ1v) is 10.8. The topological polar surface area (TPSA) is 64.1 Å². The quantitative estimate of drug-likeness (QED) is 0.543. The zero-order valence-corrected chi connectivity index (χ0v) is 17.7. The molecule has 1 saturated heterocycles. The second-order valence-corrected chi connectivity index (χ2v) is 7.82.